The smallest absolute Gasteiger partial charge is 0.308 e. The highest BCUT2D eigenvalue weighted by Gasteiger charge is 2.36. The molecule has 0 aromatic rings. The van der Waals surface area contributed by atoms with Crippen molar-refractivity contribution < 1.29 is 9.53 Å². The molecule has 0 radical (unpaired) electrons. The van der Waals surface area contributed by atoms with Gasteiger partial charge >= 0.3 is 5.97 Å². The minimum absolute atomic E-state index is 0.0572. The van der Waals surface area contributed by atoms with Crippen LogP contribution in [0.4, 0.5) is 0 Å². The number of hydrogen-bond acceptors (Lipinski definition) is 2. The first kappa shape index (κ1) is 24.1. The highest BCUT2D eigenvalue weighted by molar-refractivity contribution is 5.72. The van der Waals surface area contributed by atoms with E-state index in [1.807, 2.05) is 6.92 Å². The van der Waals surface area contributed by atoms with E-state index in [1.54, 1.807) is 0 Å². The van der Waals surface area contributed by atoms with Crippen LogP contribution in [0.1, 0.15) is 118 Å². The van der Waals surface area contributed by atoms with Crippen LogP contribution in [-0.4, -0.2) is 12.6 Å². The van der Waals surface area contributed by atoms with E-state index in [2.05, 4.69) is 20.8 Å². The summed E-state index contributed by atoms with van der Waals surface area (Å²) in [5.74, 6) is 6.82. The monoisotopic (exact) mass is 418 g/mol. The van der Waals surface area contributed by atoms with Crippen LogP contribution in [0.5, 0.6) is 0 Å². The van der Waals surface area contributed by atoms with E-state index in [-0.39, 0.29) is 11.9 Å². The Morgan fingerprint density at radius 1 is 0.700 bits per heavy atom. The molecule has 0 aromatic carbocycles. The van der Waals surface area contributed by atoms with Crippen molar-refractivity contribution in [1.82, 2.24) is 0 Å². The summed E-state index contributed by atoms with van der Waals surface area (Å²) in [5.41, 5.74) is 0. The molecule has 0 aromatic heterocycles. The molecule has 0 N–H and O–H groups in total. The van der Waals surface area contributed by atoms with Gasteiger partial charge in [-0.05, 0) is 113 Å². The minimum atomic E-state index is 0.0572. The lowest BCUT2D eigenvalue weighted by atomic mass is 9.63. The molecule has 2 unspecified atom stereocenters. The number of rotatable bonds is 8. The first-order valence-electron chi connectivity index (χ1n) is 13.7. The van der Waals surface area contributed by atoms with Gasteiger partial charge in [0.25, 0.3) is 0 Å². The summed E-state index contributed by atoms with van der Waals surface area (Å²) >= 11 is 0. The van der Waals surface area contributed by atoms with Crippen molar-refractivity contribution in [3.63, 3.8) is 0 Å². The Labute approximate surface area is 187 Å². The van der Waals surface area contributed by atoms with Gasteiger partial charge in [-0.2, -0.15) is 0 Å². The van der Waals surface area contributed by atoms with Crippen LogP contribution in [0.15, 0.2) is 0 Å². The van der Waals surface area contributed by atoms with Gasteiger partial charge in [-0.15, -0.1) is 0 Å². The molecule has 3 saturated carbocycles. The van der Waals surface area contributed by atoms with Crippen molar-refractivity contribution in [2.45, 2.75) is 118 Å². The van der Waals surface area contributed by atoms with Gasteiger partial charge in [-0.1, -0.05) is 46.5 Å². The Morgan fingerprint density at radius 2 is 1.10 bits per heavy atom. The number of hydrogen-bond donors (Lipinski definition) is 0. The number of carbonyl (C=O) groups excluding carboxylic acids is 1. The Morgan fingerprint density at radius 3 is 1.50 bits per heavy atom. The van der Waals surface area contributed by atoms with Crippen molar-refractivity contribution in [2.75, 3.05) is 6.61 Å². The first-order chi connectivity index (χ1) is 14.5. The van der Waals surface area contributed by atoms with Crippen LogP contribution >= 0.6 is 0 Å². The lowest BCUT2D eigenvalue weighted by Gasteiger charge is -2.42. The summed E-state index contributed by atoms with van der Waals surface area (Å²) in [5, 5.41) is 0. The van der Waals surface area contributed by atoms with Gasteiger partial charge < -0.3 is 4.74 Å². The van der Waals surface area contributed by atoms with Gasteiger partial charge in [-0.3, -0.25) is 4.79 Å². The molecule has 174 valence electrons. The molecule has 0 bridgehead atoms. The Balaban J connectivity index is 1.38. The molecule has 3 aliphatic carbocycles. The van der Waals surface area contributed by atoms with Gasteiger partial charge in [0, 0.05) is 0 Å². The first-order valence-corrected chi connectivity index (χ1v) is 13.7. The fraction of sp³-hybridized carbons (Fsp3) is 0.964. The van der Waals surface area contributed by atoms with Crippen molar-refractivity contribution in [3.05, 3.63) is 0 Å². The van der Waals surface area contributed by atoms with Crippen LogP contribution in [-0.2, 0) is 9.53 Å². The Kier molecular flexibility index (Phi) is 9.58. The molecule has 3 aliphatic rings. The topological polar surface area (TPSA) is 26.3 Å². The summed E-state index contributed by atoms with van der Waals surface area (Å²) in [6, 6.07) is 0. The minimum Gasteiger partial charge on any atom is -0.466 e. The number of esters is 1. The molecular formula is C28H50O2. The maximum absolute atomic E-state index is 12.0. The fourth-order valence-corrected chi connectivity index (χ4v) is 7.52. The van der Waals surface area contributed by atoms with E-state index in [0.717, 1.165) is 54.3 Å². The van der Waals surface area contributed by atoms with Gasteiger partial charge in [0.15, 0.2) is 0 Å². The Bertz CT molecular complexity index is 491. The van der Waals surface area contributed by atoms with Crippen molar-refractivity contribution in [1.29, 1.82) is 0 Å². The number of ether oxygens (including phenoxy) is 1. The van der Waals surface area contributed by atoms with Crippen LogP contribution in [0.2, 0.25) is 0 Å². The molecule has 0 heterocycles. The van der Waals surface area contributed by atoms with Gasteiger partial charge in [0.05, 0.1) is 12.5 Å². The summed E-state index contributed by atoms with van der Waals surface area (Å²) < 4.78 is 5.26. The molecule has 30 heavy (non-hydrogen) atoms. The van der Waals surface area contributed by atoms with E-state index in [1.165, 1.54) is 77.0 Å². The van der Waals surface area contributed by atoms with Crippen LogP contribution < -0.4 is 0 Å². The predicted octanol–water partition coefficient (Wildman–Crippen LogP) is 8.04. The quantitative estimate of drug-likeness (QED) is 0.373. The van der Waals surface area contributed by atoms with Crippen LogP contribution in [0, 0.1) is 47.3 Å². The maximum Gasteiger partial charge on any atom is 0.308 e. The molecule has 3 fully saturated rings. The summed E-state index contributed by atoms with van der Waals surface area (Å²) in [6.07, 6.45) is 19.3. The third-order valence-corrected chi connectivity index (χ3v) is 9.77. The van der Waals surface area contributed by atoms with Crippen molar-refractivity contribution in [3.8, 4) is 0 Å². The molecule has 0 amide bonds. The normalized spacial score (nSPS) is 37.3. The molecule has 0 spiro atoms. The molecule has 2 nitrogen and oxygen atoms in total. The van der Waals surface area contributed by atoms with Crippen molar-refractivity contribution >= 4 is 5.97 Å². The zero-order chi connectivity index (χ0) is 21.5. The van der Waals surface area contributed by atoms with E-state index in [9.17, 15) is 4.79 Å². The third-order valence-electron chi connectivity index (χ3n) is 9.77. The van der Waals surface area contributed by atoms with Crippen LogP contribution in [0.3, 0.4) is 0 Å². The lowest BCUT2D eigenvalue weighted by molar-refractivity contribution is -0.149. The van der Waals surface area contributed by atoms with Crippen LogP contribution in [0.25, 0.3) is 0 Å². The maximum atomic E-state index is 12.0. The van der Waals surface area contributed by atoms with E-state index in [0.29, 0.717) is 6.61 Å². The lowest BCUT2D eigenvalue weighted by Crippen LogP contribution is -2.33. The summed E-state index contributed by atoms with van der Waals surface area (Å²) in [7, 11) is 0. The summed E-state index contributed by atoms with van der Waals surface area (Å²) in [6.45, 7) is 9.91. The van der Waals surface area contributed by atoms with Gasteiger partial charge in [0.2, 0.25) is 0 Å². The van der Waals surface area contributed by atoms with Crippen molar-refractivity contribution in [2.24, 2.45) is 47.3 Å². The van der Waals surface area contributed by atoms with E-state index in [4.69, 9.17) is 4.74 Å². The van der Waals surface area contributed by atoms with Gasteiger partial charge in [-0.25, -0.2) is 0 Å². The second kappa shape index (κ2) is 11.9. The fourth-order valence-electron chi connectivity index (χ4n) is 7.52. The summed E-state index contributed by atoms with van der Waals surface area (Å²) in [4.78, 5) is 12.0. The largest absolute Gasteiger partial charge is 0.466 e. The zero-order valence-electron chi connectivity index (χ0n) is 20.5. The highest BCUT2D eigenvalue weighted by Crippen LogP contribution is 2.46. The average molecular weight is 419 g/mol. The molecule has 0 saturated heterocycles. The third kappa shape index (κ3) is 6.26. The standard InChI is InChI=1S/C28H50O2/c1-5-7-22-8-10-23(11-9-22)20(3)24-12-14-25(15-13-24)21(4)26-16-18-27(19-17-26)28(29)30-6-2/h20-27H,5-19H2,1-4H3/t20?,21?,22?,23?,24?,25?,26-,27-. The van der Waals surface area contributed by atoms with E-state index < -0.39 is 0 Å². The van der Waals surface area contributed by atoms with Gasteiger partial charge in [0.1, 0.15) is 0 Å². The van der Waals surface area contributed by atoms with E-state index >= 15 is 0 Å². The number of carbonyl (C=O) groups is 1. The molecule has 2 heteroatoms. The predicted molar refractivity (Wildman–Crippen MR) is 126 cm³/mol. The zero-order valence-corrected chi connectivity index (χ0v) is 20.5. The molecule has 0 aliphatic heterocycles. The Hall–Kier alpha value is -0.530. The molecular weight excluding hydrogens is 368 g/mol. The SMILES string of the molecule is CCCC1CCC(C(C)C2CCC(C(C)[C@H]3CC[C@H](C(=O)OCC)CC3)CC2)CC1. The average Bonchev–Trinajstić information content (AvgIpc) is 2.79. The molecule has 2 atom stereocenters. The second-order valence-corrected chi connectivity index (χ2v) is 11.3. The highest BCUT2D eigenvalue weighted by atomic mass is 16.5. The second-order valence-electron chi connectivity index (χ2n) is 11.3. The molecule has 3 rings (SSSR count).